The second kappa shape index (κ2) is 5.97. The van der Waals surface area contributed by atoms with Crippen molar-refractivity contribution in [2.24, 2.45) is 10.7 Å². The Morgan fingerprint density at radius 2 is 1.70 bits per heavy atom. The standard InChI is InChI=1S/C16H17N3.ClH/c1-12(13-7-3-2-4-8-13)19-11-14-9-5-6-10-15(14)18-16(19)17;/h2-10,12H,11H2,1H3,(H2,17,18);1H. The molecule has 0 bridgehead atoms. The van der Waals surface area contributed by atoms with Gasteiger partial charge in [0.2, 0.25) is 0 Å². The first-order valence-corrected chi connectivity index (χ1v) is 6.49. The number of fused-ring (bicyclic) bond motifs is 1. The predicted octanol–water partition coefficient (Wildman–Crippen LogP) is 3.63. The van der Waals surface area contributed by atoms with Gasteiger partial charge in [-0.25, -0.2) is 4.99 Å². The Balaban J connectivity index is 0.00000147. The molecule has 0 aromatic heterocycles. The first-order chi connectivity index (χ1) is 9.25. The second-order valence-corrected chi connectivity index (χ2v) is 4.81. The maximum atomic E-state index is 6.11. The van der Waals surface area contributed by atoms with Crippen LogP contribution in [-0.4, -0.2) is 10.9 Å². The maximum Gasteiger partial charge on any atom is 0.197 e. The van der Waals surface area contributed by atoms with Gasteiger partial charge in [-0.3, -0.25) is 0 Å². The molecule has 0 radical (unpaired) electrons. The number of aliphatic imine (C=N–C) groups is 1. The molecular weight excluding hydrogens is 270 g/mol. The van der Waals surface area contributed by atoms with Crippen LogP contribution in [0.3, 0.4) is 0 Å². The van der Waals surface area contributed by atoms with Crippen molar-refractivity contribution in [2.45, 2.75) is 19.5 Å². The van der Waals surface area contributed by atoms with Gasteiger partial charge < -0.3 is 10.6 Å². The Morgan fingerprint density at radius 3 is 2.45 bits per heavy atom. The fourth-order valence-corrected chi connectivity index (χ4v) is 2.45. The van der Waals surface area contributed by atoms with Crippen LogP contribution in [0.1, 0.15) is 24.1 Å². The molecule has 2 aromatic rings. The number of benzene rings is 2. The van der Waals surface area contributed by atoms with Gasteiger partial charge in [-0.1, -0.05) is 48.5 Å². The highest BCUT2D eigenvalue weighted by molar-refractivity contribution is 5.85. The van der Waals surface area contributed by atoms with Crippen molar-refractivity contribution in [3.63, 3.8) is 0 Å². The van der Waals surface area contributed by atoms with E-state index in [1.165, 1.54) is 11.1 Å². The molecule has 0 saturated heterocycles. The van der Waals surface area contributed by atoms with Crippen molar-refractivity contribution in [1.29, 1.82) is 0 Å². The normalized spacial score (nSPS) is 14.8. The third-order valence-electron chi connectivity index (χ3n) is 3.61. The van der Waals surface area contributed by atoms with Crippen LogP contribution >= 0.6 is 12.4 Å². The summed E-state index contributed by atoms with van der Waals surface area (Å²) < 4.78 is 0. The monoisotopic (exact) mass is 287 g/mol. The summed E-state index contributed by atoms with van der Waals surface area (Å²) >= 11 is 0. The molecule has 0 fully saturated rings. The first-order valence-electron chi connectivity index (χ1n) is 6.49. The average Bonchev–Trinajstić information content (AvgIpc) is 2.47. The highest BCUT2D eigenvalue weighted by Crippen LogP contribution is 2.30. The van der Waals surface area contributed by atoms with Crippen molar-refractivity contribution in [1.82, 2.24) is 4.90 Å². The Bertz CT molecular complexity index is 610. The van der Waals surface area contributed by atoms with Gasteiger partial charge in [0.1, 0.15) is 0 Å². The van der Waals surface area contributed by atoms with Crippen molar-refractivity contribution in [3.8, 4) is 0 Å². The SMILES string of the molecule is CC(c1ccccc1)N1Cc2ccccc2N=C1N.Cl. The molecule has 4 heteroatoms. The molecule has 0 amide bonds. The van der Waals surface area contributed by atoms with Crippen LogP contribution in [0.4, 0.5) is 5.69 Å². The zero-order chi connectivity index (χ0) is 13.2. The van der Waals surface area contributed by atoms with E-state index in [9.17, 15) is 0 Å². The van der Waals surface area contributed by atoms with Gasteiger partial charge in [0.15, 0.2) is 5.96 Å². The number of halogens is 1. The number of hydrogen-bond acceptors (Lipinski definition) is 3. The molecule has 1 atom stereocenters. The molecular formula is C16H18ClN3. The van der Waals surface area contributed by atoms with Gasteiger partial charge in [0.25, 0.3) is 0 Å². The lowest BCUT2D eigenvalue weighted by atomic mass is 10.0. The zero-order valence-corrected chi connectivity index (χ0v) is 12.2. The molecule has 2 aromatic carbocycles. The van der Waals surface area contributed by atoms with Crippen LogP contribution < -0.4 is 5.73 Å². The number of nitrogens with two attached hydrogens (primary N) is 1. The van der Waals surface area contributed by atoms with Crippen LogP contribution in [-0.2, 0) is 6.54 Å². The molecule has 20 heavy (non-hydrogen) atoms. The molecule has 104 valence electrons. The Kier molecular flexibility index (Phi) is 4.30. The van der Waals surface area contributed by atoms with Gasteiger partial charge in [-0.15, -0.1) is 12.4 Å². The quantitative estimate of drug-likeness (QED) is 0.916. The summed E-state index contributed by atoms with van der Waals surface area (Å²) in [5.41, 5.74) is 9.56. The van der Waals surface area contributed by atoms with Crippen molar-refractivity contribution in [3.05, 3.63) is 65.7 Å². The molecule has 1 aliphatic heterocycles. The van der Waals surface area contributed by atoms with E-state index in [-0.39, 0.29) is 18.4 Å². The lowest BCUT2D eigenvalue weighted by molar-refractivity contribution is 0.321. The van der Waals surface area contributed by atoms with Crippen LogP contribution in [0.25, 0.3) is 0 Å². The summed E-state index contributed by atoms with van der Waals surface area (Å²) in [6, 6.07) is 18.7. The highest BCUT2D eigenvalue weighted by Gasteiger charge is 2.22. The number of hydrogen-bond donors (Lipinski definition) is 1. The van der Waals surface area contributed by atoms with Crippen molar-refractivity contribution < 1.29 is 0 Å². The minimum absolute atomic E-state index is 0. The van der Waals surface area contributed by atoms with E-state index in [0.717, 1.165) is 12.2 Å². The van der Waals surface area contributed by atoms with Crippen LogP contribution in [0.5, 0.6) is 0 Å². The number of rotatable bonds is 2. The molecule has 3 nitrogen and oxygen atoms in total. The fourth-order valence-electron chi connectivity index (χ4n) is 2.45. The summed E-state index contributed by atoms with van der Waals surface area (Å²) in [5, 5.41) is 0. The van der Waals surface area contributed by atoms with Gasteiger partial charge in [0.05, 0.1) is 11.7 Å². The van der Waals surface area contributed by atoms with E-state index in [1.807, 2.05) is 24.3 Å². The second-order valence-electron chi connectivity index (χ2n) is 4.81. The summed E-state index contributed by atoms with van der Waals surface area (Å²) in [4.78, 5) is 6.63. The van der Waals surface area contributed by atoms with Crippen LogP contribution in [0.2, 0.25) is 0 Å². The van der Waals surface area contributed by atoms with Crippen LogP contribution in [0, 0.1) is 0 Å². The molecule has 0 spiro atoms. The summed E-state index contributed by atoms with van der Waals surface area (Å²) in [6.07, 6.45) is 0. The van der Waals surface area contributed by atoms with E-state index in [0.29, 0.717) is 5.96 Å². The summed E-state index contributed by atoms with van der Waals surface area (Å²) in [5.74, 6) is 0.593. The third kappa shape index (κ3) is 2.63. The lowest BCUT2D eigenvalue weighted by Gasteiger charge is -2.33. The number of para-hydroxylation sites is 1. The molecule has 2 N–H and O–H groups in total. The van der Waals surface area contributed by atoms with E-state index in [2.05, 4.69) is 47.1 Å². The average molecular weight is 288 g/mol. The third-order valence-corrected chi connectivity index (χ3v) is 3.61. The highest BCUT2D eigenvalue weighted by atomic mass is 35.5. The molecule has 3 rings (SSSR count). The minimum Gasteiger partial charge on any atom is -0.369 e. The number of guanidine groups is 1. The summed E-state index contributed by atoms with van der Waals surface area (Å²) in [7, 11) is 0. The molecule has 1 unspecified atom stereocenters. The Labute approximate surface area is 125 Å². The molecule has 1 aliphatic rings. The summed E-state index contributed by atoms with van der Waals surface area (Å²) in [6.45, 7) is 2.97. The van der Waals surface area contributed by atoms with Gasteiger partial charge in [-0.2, -0.15) is 0 Å². The van der Waals surface area contributed by atoms with E-state index >= 15 is 0 Å². The largest absolute Gasteiger partial charge is 0.369 e. The molecule has 0 saturated carbocycles. The molecule has 0 aliphatic carbocycles. The lowest BCUT2D eigenvalue weighted by Crippen LogP contribution is -2.40. The number of nitrogens with zero attached hydrogens (tertiary/aromatic N) is 2. The Morgan fingerprint density at radius 1 is 1.05 bits per heavy atom. The van der Waals surface area contributed by atoms with E-state index in [1.54, 1.807) is 0 Å². The topological polar surface area (TPSA) is 41.6 Å². The van der Waals surface area contributed by atoms with E-state index in [4.69, 9.17) is 5.73 Å². The molecule has 1 heterocycles. The van der Waals surface area contributed by atoms with Gasteiger partial charge in [0, 0.05) is 6.54 Å². The van der Waals surface area contributed by atoms with Crippen molar-refractivity contribution in [2.75, 3.05) is 0 Å². The van der Waals surface area contributed by atoms with E-state index < -0.39 is 0 Å². The van der Waals surface area contributed by atoms with Gasteiger partial charge in [-0.05, 0) is 24.1 Å². The smallest absolute Gasteiger partial charge is 0.197 e. The maximum absolute atomic E-state index is 6.11. The minimum atomic E-state index is 0. The fraction of sp³-hybridized carbons (Fsp3) is 0.188. The Hall–Kier alpha value is -2.00. The predicted molar refractivity (Wildman–Crippen MR) is 85.4 cm³/mol. The van der Waals surface area contributed by atoms with Crippen LogP contribution in [0.15, 0.2) is 59.6 Å². The zero-order valence-electron chi connectivity index (χ0n) is 11.4. The van der Waals surface area contributed by atoms with Gasteiger partial charge >= 0.3 is 0 Å². The van der Waals surface area contributed by atoms with Crippen molar-refractivity contribution >= 4 is 24.1 Å². The first kappa shape index (κ1) is 14.4.